The maximum Gasteiger partial charge on any atom is 0.330 e. The van der Waals surface area contributed by atoms with Gasteiger partial charge in [-0.15, -0.1) is 0 Å². The molecule has 0 spiro atoms. The van der Waals surface area contributed by atoms with Crippen LogP contribution in [0.3, 0.4) is 0 Å². The molecule has 0 saturated carbocycles. The lowest BCUT2D eigenvalue weighted by Crippen LogP contribution is -2.06. The van der Waals surface area contributed by atoms with E-state index < -0.39 is 5.97 Å². The summed E-state index contributed by atoms with van der Waals surface area (Å²) in [7, 11) is 1.54. The van der Waals surface area contributed by atoms with Crippen molar-refractivity contribution in [1.82, 2.24) is 0 Å². The van der Waals surface area contributed by atoms with Gasteiger partial charge in [-0.05, 0) is 5.56 Å². The number of esters is 2. The Morgan fingerprint density at radius 1 is 1.00 bits per heavy atom. The Hall–Kier alpha value is -2.40. The van der Waals surface area contributed by atoms with Crippen molar-refractivity contribution in [3.05, 3.63) is 61.2 Å². The zero-order valence-corrected chi connectivity index (χ0v) is 12.1. The molecule has 5 heteroatoms. The summed E-state index contributed by atoms with van der Waals surface area (Å²) < 4.78 is 14.0. The Bertz CT molecular complexity index is 439. The second kappa shape index (κ2) is 12.6. The van der Waals surface area contributed by atoms with E-state index in [0.717, 1.165) is 17.7 Å². The number of carbonyl (C=O) groups excluding carboxylic acids is 2. The van der Waals surface area contributed by atoms with E-state index in [4.69, 9.17) is 4.74 Å². The minimum absolute atomic E-state index is 0.293. The van der Waals surface area contributed by atoms with Crippen molar-refractivity contribution in [3.63, 3.8) is 0 Å². The van der Waals surface area contributed by atoms with Gasteiger partial charge < -0.3 is 14.2 Å². The number of hydrogen-bond donors (Lipinski definition) is 0. The lowest BCUT2D eigenvalue weighted by molar-refractivity contribution is -0.139. The number of ether oxygens (including phenoxy) is 3. The molecule has 0 unspecified atom stereocenters. The Kier molecular flexibility index (Phi) is 11.2. The minimum Gasteiger partial charge on any atom is -0.460 e. The quantitative estimate of drug-likeness (QED) is 0.438. The van der Waals surface area contributed by atoms with Gasteiger partial charge in [-0.25, -0.2) is 9.59 Å². The highest BCUT2D eigenvalue weighted by atomic mass is 16.6. The van der Waals surface area contributed by atoms with E-state index in [1.54, 1.807) is 7.11 Å². The van der Waals surface area contributed by atoms with Crippen molar-refractivity contribution < 1.29 is 23.8 Å². The standard InChI is InChI=1S/C10H10O2.C6H10O3/c1-2-10(11)12-8-9-6-4-3-5-7-9;1-3-6(7)9-5-4-8-2/h2-7H,1,8H2;3H,1,4-5H2,2H3. The Morgan fingerprint density at radius 2 is 1.57 bits per heavy atom. The zero-order chi connectivity index (χ0) is 15.9. The van der Waals surface area contributed by atoms with Gasteiger partial charge in [0.15, 0.2) is 0 Å². The molecule has 0 fully saturated rings. The topological polar surface area (TPSA) is 61.8 Å². The van der Waals surface area contributed by atoms with Gasteiger partial charge in [-0.2, -0.15) is 0 Å². The monoisotopic (exact) mass is 292 g/mol. The molecule has 21 heavy (non-hydrogen) atoms. The van der Waals surface area contributed by atoms with E-state index in [2.05, 4.69) is 22.6 Å². The van der Waals surface area contributed by atoms with Gasteiger partial charge in [0.2, 0.25) is 0 Å². The zero-order valence-electron chi connectivity index (χ0n) is 12.1. The summed E-state index contributed by atoms with van der Waals surface area (Å²) >= 11 is 0. The van der Waals surface area contributed by atoms with Gasteiger partial charge in [0.1, 0.15) is 13.2 Å². The highest BCUT2D eigenvalue weighted by molar-refractivity contribution is 5.81. The molecule has 1 aromatic carbocycles. The molecule has 0 amide bonds. The summed E-state index contributed by atoms with van der Waals surface area (Å²) in [5.41, 5.74) is 0.979. The summed E-state index contributed by atoms with van der Waals surface area (Å²) in [5.74, 6) is -0.800. The van der Waals surface area contributed by atoms with E-state index >= 15 is 0 Å². The van der Waals surface area contributed by atoms with Gasteiger partial charge >= 0.3 is 11.9 Å². The Morgan fingerprint density at radius 3 is 2.10 bits per heavy atom. The van der Waals surface area contributed by atoms with Crippen molar-refractivity contribution in [3.8, 4) is 0 Å². The van der Waals surface area contributed by atoms with Crippen LogP contribution in [0, 0.1) is 0 Å². The summed E-state index contributed by atoms with van der Waals surface area (Å²) in [6.07, 6.45) is 2.28. The van der Waals surface area contributed by atoms with Gasteiger partial charge in [-0.3, -0.25) is 0 Å². The van der Waals surface area contributed by atoms with Gasteiger partial charge in [-0.1, -0.05) is 43.5 Å². The van der Waals surface area contributed by atoms with Crippen LogP contribution >= 0.6 is 0 Å². The molecule has 114 valence electrons. The molecule has 0 aromatic heterocycles. The molecule has 0 saturated heterocycles. The number of carbonyl (C=O) groups is 2. The summed E-state index contributed by atoms with van der Waals surface area (Å²) in [6.45, 7) is 7.56. The molecule has 0 atom stereocenters. The van der Waals surface area contributed by atoms with Crippen molar-refractivity contribution in [2.75, 3.05) is 20.3 Å². The fourth-order valence-corrected chi connectivity index (χ4v) is 1.07. The molecule has 0 aliphatic heterocycles. The maximum absolute atomic E-state index is 10.6. The normalized spacial score (nSPS) is 8.81. The first-order chi connectivity index (χ1) is 10.1. The number of benzene rings is 1. The van der Waals surface area contributed by atoms with Crippen molar-refractivity contribution in [2.24, 2.45) is 0 Å². The van der Waals surface area contributed by atoms with E-state index in [0.29, 0.717) is 19.8 Å². The van der Waals surface area contributed by atoms with Crippen LogP contribution in [0.1, 0.15) is 5.56 Å². The van der Waals surface area contributed by atoms with Crippen molar-refractivity contribution in [2.45, 2.75) is 6.61 Å². The number of methoxy groups -OCH3 is 1. The van der Waals surface area contributed by atoms with Crippen molar-refractivity contribution >= 4 is 11.9 Å². The molecule has 0 aliphatic rings. The smallest absolute Gasteiger partial charge is 0.330 e. The van der Waals surface area contributed by atoms with Crippen LogP contribution in [-0.4, -0.2) is 32.3 Å². The highest BCUT2D eigenvalue weighted by Gasteiger charge is 1.95. The van der Waals surface area contributed by atoms with Crippen LogP contribution in [0.4, 0.5) is 0 Å². The van der Waals surface area contributed by atoms with Crippen LogP contribution in [0.2, 0.25) is 0 Å². The van der Waals surface area contributed by atoms with Crippen LogP contribution in [-0.2, 0) is 30.4 Å². The predicted molar refractivity (Wildman–Crippen MR) is 79.5 cm³/mol. The number of hydrogen-bond acceptors (Lipinski definition) is 5. The van der Waals surface area contributed by atoms with Crippen LogP contribution < -0.4 is 0 Å². The van der Waals surface area contributed by atoms with E-state index in [1.165, 1.54) is 0 Å². The second-order valence-electron chi connectivity index (χ2n) is 3.66. The van der Waals surface area contributed by atoms with E-state index in [-0.39, 0.29) is 5.97 Å². The molecule has 0 radical (unpaired) electrons. The molecule has 1 rings (SSSR count). The van der Waals surface area contributed by atoms with Gasteiger partial charge in [0.05, 0.1) is 6.61 Å². The third kappa shape index (κ3) is 11.1. The third-order valence-corrected chi connectivity index (χ3v) is 2.09. The largest absolute Gasteiger partial charge is 0.460 e. The first-order valence-corrected chi connectivity index (χ1v) is 6.25. The Labute approximate surface area is 124 Å². The fraction of sp³-hybridized carbons (Fsp3) is 0.250. The van der Waals surface area contributed by atoms with Crippen LogP contribution in [0.25, 0.3) is 0 Å². The molecule has 5 nitrogen and oxygen atoms in total. The fourth-order valence-electron chi connectivity index (χ4n) is 1.07. The first-order valence-electron chi connectivity index (χ1n) is 6.25. The minimum atomic E-state index is -0.410. The van der Waals surface area contributed by atoms with Crippen molar-refractivity contribution in [1.29, 1.82) is 0 Å². The van der Waals surface area contributed by atoms with Crippen LogP contribution in [0.5, 0.6) is 0 Å². The average Bonchev–Trinajstić information content (AvgIpc) is 2.54. The van der Waals surface area contributed by atoms with Gasteiger partial charge in [0.25, 0.3) is 0 Å². The maximum atomic E-state index is 10.6. The molecule has 0 bridgehead atoms. The third-order valence-electron chi connectivity index (χ3n) is 2.09. The van der Waals surface area contributed by atoms with Crippen LogP contribution in [0.15, 0.2) is 55.6 Å². The molecule has 0 heterocycles. The summed E-state index contributed by atoms with van der Waals surface area (Å²) in [5, 5.41) is 0. The lowest BCUT2D eigenvalue weighted by Gasteiger charge is -2.00. The molecule has 1 aromatic rings. The van der Waals surface area contributed by atoms with E-state index in [1.807, 2.05) is 30.3 Å². The summed E-state index contributed by atoms with van der Waals surface area (Å²) in [6, 6.07) is 9.51. The average molecular weight is 292 g/mol. The van der Waals surface area contributed by atoms with Gasteiger partial charge in [0, 0.05) is 19.3 Å². The Balaban J connectivity index is 0.000000400. The predicted octanol–water partition coefficient (Wildman–Crippen LogP) is 2.28. The summed E-state index contributed by atoms with van der Waals surface area (Å²) in [4.78, 5) is 20.9. The highest BCUT2D eigenvalue weighted by Crippen LogP contribution is 2.00. The molecule has 0 aliphatic carbocycles. The number of rotatable bonds is 7. The molecule has 0 N–H and O–H groups in total. The first kappa shape index (κ1) is 18.6. The molecular weight excluding hydrogens is 272 g/mol. The van der Waals surface area contributed by atoms with E-state index in [9.17, 15) is 9.59 Å². The second-order valence-corrected chi connectivity index (χ2v) is 3.66. The lowest BCUT2D eigenvalue weighted by atomic mass is 10.2. The molecular formula is C16H20O5. The SMILES string of the molecule is C=CC(=O)OCCOC.C=CC(=O)OCc1ccccc1.